The fourth-order valence-electron chi connectivity index (χ4n) is 1.12. The van der Waals surface area contributed by atoms with Gasteiger partial charge in [0, 0.05) is 12.5 Å². The first-order valence-electron chi connectivity index (χ1n) is 4.31. The van der Waals surface area contributed by atoms with Crippen LogP contribution in [0.1, 0.15) is 19.1 Å². The van der Waals surface area contributed by atoms with Gasteiger partial charge in [-0.25, -0.2) is 5.10 Å². The van der Waals surface area contributed by atoms with Gasteiger partial charge in [-0.05, 0) is 18.6 Å². The molecule has 0 fully saturated rings. The lowest BCUT2D eigenvalue weighted by molar-refractivity contribution is 0.382. The van der Waals surface area contributed by atoms with Crippen molar-refractivity contribution in [3.63, 3.8) is 0 Å². The first-order chi connectivity index (χ1) is 6.79. The quantitative estimate of drug-likeness (QED) is 0.789. The lowest BCUT2D eigenvalue weighted by Crippen LogP contribution is -1.76. The zero-order valence-electron chi connectivity index (χ0n) is 7.61. The van der Waals surface area contributed by atoms with Crippen molar-refractivity contribution in [1.82, 2.24) is 15.4 Å². The van der Waals surface area contributed by atoms with Gasteiger partial charge in [0.05, 0.1) is 0 Å². The van der Waals surface area contributed by atoms with Crippen molar-refractivity contribution in [3.05, 3.63) is 16.7 Å². The van der Waals surface area contributed by atoms with Crippen LogP contribution in [0, 0.1) is 4.84 Å². The van der Waals surface area contributed by atoms with Gasteiger partial charge in [0.15, 0.2) is 5.69 Å². The summed E-state index contributed by atoms with van der Waals surface area (Å²) in [5.74, 6) is 1.19. The van der Waals surface area contributed by atoms with Crippen LogP contribution in [0.5, 0.6) is 0 Å². The second-order valence-electron chi connectivity index (χ2n) is 2.85. The SMILES string of the molecule is CCCc1cc(-c2n[nH]c(=S)o2)no1. The van der Waals surface area contributed by atoms with E-state index in [9.17, 15) is 0 Å². The molecule has 2 heterocycles. The number of aryl methyl sites for hydroxylation is 1. The summed E-state index contributed by atoms with van der Waals surface area (Å²) in [7, 11) is 0. The predicted molar refractivity (Wildman–Crippen MR) is 51.2 cm³/mol. The van der Waals surface area contributed by atoms with Crippen LogP contribution in [0.15, 0.2) is 15.0 Å². The molecular formula is C8H9N3O2S. The van der Waals surface area contributed by atoms with Gasteiger partial charge in [-0.1, -0.05) is 12.1 Å². The number of hydrogen-bond donors (Lipinski definition) is 1. The van der Waals surface area contributed by atoms with Gasteiger partial charge >= 0.3 is 0 Å². The van der Waals surface area contributed by atoms with E-state index in [4.69, 9.17) is 21.2 Å². The second kappa shape index (κ2) is 3.75. The highest BCUT2D eigenvalue weighted by atomic mass is 32.1. The Kier molecular flexibility index (Phi) is 2.45. The molecule has 14 heavy (non-hydrogen) atoms. The summed E-state index contributed by atoms with van der Waals surface area (Å²) in [6, 6.07) is 1.80. The second-order valence-corrected chi connectivity index (χ2v) is 3.22. The molecule has 0 amide bonds. The highest BCUT2D eigenvalue weighted by Gasteiger charge is 2.10. The van der Waals surface area contributed by atoms with E-state index >= 15 is 0 Å². The van der Waals surface area contributed by atoms with Crippen LogP contribution in [-0.4, -0.2) is 15.4 Å². The van der Waals surface area contributed by atoms with Crippen molar-refractivity contribution in [2.75, 3.05) is 0 Å². The van der Waals surface area contributed by atoms with E-state index in [1.165, 1.54) is 0 Å². The van der Waals surface area contributed by atoms with E-state index in [1.807, 2.05) is 0 Å². The maximum absolute atomic E-state index is 5.09. The summed E-state index contributed by atoms with van der Waals surface area (Å²) in [6.07, 6.45) is 1.87. The number of nitrogens with zero attached hydrogens (tertiary/aromatic N) is 2. The molecule has 2 rings (SSSR count). The standard InChI is InChI=1S/C8H9N3O2S/c1-2-3-5-4-6(11-13-5)7-9-10-8(14)12-7/h4H,2-3H2,1H3,(H,10,14). The van der Waals surface area contributed by atoms with Gasteiger partial charge in [-0.2, -0.15) is 0 Å². The zero-order chi connectivity index (χ0) is 9.97. The summed E-state index contributed by atoms with van der Waals surface area (Å²) in [5, 5.41) is 10.2. The van der Waals surface area contributed by atoms with Crippen LogP contribution in [0.2, 0.25) is 0 Å². The highest BCUT2D eigenvalue weighted by Crippen LogP contribution is 2.17. The molecule has 1 N–H and O–H groups in total. The Morgan fingerprint density at radius 3 is 3.07 bits per heavy atom. The van der Waals surface area contributed by atoms with Gasteiger partial charge in [-0.3, -0.25) is 0 Å². The smallest absolute Gasteiger partial charge is 0.284 e. The van der Waals surface area contributed by atoms with E-state index in [1.54, 1.807) is 6.07 Å². The topological polar surface area (TPSA) is 67.8 Å². The van der Waals surface area contributed by atoms with Crippen molar-refractivity contribution in [2.45, 2.75) is 19.8 Å². The lowest BCUT2D eigenvalue weighted by Gasteiger charge is -1.84. The summed E-state index contributed by atoms with van der Waals surface area (Å²) < 4.78 is 10.2. The molecule has 0 saturated carbocycles. The Bertz CT molecular complexity index is 471. The third kappa shape index (κ3) is 1.74. The van der Waals surface area contributed by atoms with Gasteiger partial charge in [-0.15, -0.1) is 5.10 Å². The molecular weight excluding hydrogens is 202 g/mol. The molecule has 0 bridgehead atoms. The van der Waals surface area contributed by atoms with Crippen molar-refractivity contribution in [1.29, 1.82) is 0 Å². The highest BCUT2D eigenvalue weighted by molar-refractivity contribution is 7.71. The van der Waals surface area contributed by atoms with E-state index in [-0.39, 0.29) is 4.84 Å². The molecule has 0 aliphatic heterocycles. The van der Waals surface area contributed by atoms with Gasteiger partial charge in [0.2, 0.25) is 0 Å². The lowest BCUT2D eigenvalue weighted by atomic mass is 10.2. The van der Waals surface area contributed by atoms with Crippen molar-refractivity contribution < 1.29 is 8.94 Å². The van der Waals surface area contributed by atoms with Gasteiger partial charge in [0.25, 0.3) is 10.7 Å². The van der Waals surface area contributed by atoms with Crippen molar-refractivity contribution in [3.8, 4) is 11.6 Å². The minimum absolute atomic E-state index is 0.236. The number of aromatic nitrogens is 3. The van der Waals surface area contributed by atoms with E-state index < -0.39 is 0 Å². The summed E-state index contributed by atoms with van der Waals surface area (Å²) in [4.78, 5) is 0.236. The number of aromatic amines is 1. The average Bonchev–Trinajstić information content (AvgIpc) is 2.74. The van der Waals surface area contributed by atoms with Crippen LogP contribution < -0.4 is 0 Å². The summed E-state index contributed by atoms with van der Waals surface area (Å²) in [6.45, 7) is 2.07. The van der Waals surface area contributed by atoms with E-state index in [0.717, 1.165) is 18.6 Å². The Hall–Kier alpha value is -1.43. The Morgan fingerprint density at radius 2 is 2.43 bits per heavy atom. The predicted octanol–water partition coefficient (Wildman–Crippen LogP) is 2.34. The summed E-state index contributed by atoms with van der Waals surface area (Å²) >= 11 is 4.75. The van der Waals surface area contributed by atoms with E-state index in [2.05, 4.69) is 22.3 Å². The van der Waals surface area contributed by atoms with Crippen molar-refractivity contribution >= 4 is 12.2 Å². The Balaban J connectivity index is 2.28. The van der Waals surface area contributed by atoms with Gasteiger partial charge in [0.1, 0.15) is 5.76 Å². The molecule has 0 aliphatic rings. The first kappa shape index (κ1) is 9.14. The van der Waals surface area contributed by atoms with Crippen LogP contribution in [0.4, 0.5) is 0 Å². The fourth-order valence-corrected chi connectivity index (χ4v) is 1.24. The maximum atomic E-state index is 5.09. The molecule has 0 unspecified atom stereocenters. The molecule has 2 aromatic rings. The Labute approximate surface area is 85.1 Å². The number of hydrogen-bond acceptors (Lipinski definition) is 5. The van der Waals surface area contributed by atoms with Crippen LogP contribution >= 0.6 is 12.2 Å². The first-order valence-corrected chi connectivity index (χ1v) is 4.72. The van der Waals surface area contributed by atoms with Crippen LogP contribution in [-0.2, 0) is 6.42 Å². The van der Waals surface area contributed by atoms with Crippen molar-refractivity contribution in [2.24, 2.45) is 0 Å². The minimum Gasteiger partial charge on any atom is -0.408 e. The number of rotatable bonds is 3. The summed E-state index contributed by atoms with van der Waals surface area (Å²) in [5.41, 5.74) is 0.570. The monoisotopic (exact) mass is 211 g/mol. The molecule has 0 spiro atoms. The number of H-pyrrole nitrogens is 1. The third-order valence-electron chi connectivity index (χ3n) is 1.71. The molecule has 0 aromatic carbocycles. The third-order valence-corrected chi connectivity index (χ3v) is 1.89. The van der Waals surface area contributed by atoms with E-state index in [0.29, 0.717) is 11.6 Å². The molecule has 0 radical (unpaired) electrons. The Morgan fingerprint density at radius 1 is 1.57 bits per heavy atom. The molecule has 0 aliphatic carbocycles. The zero-order valence-corrected chi connectivity index (χ0v) is 8.43. The molecule has 2 aromatic heterocycles. The van der Waals surface area contributed by atoms with Crippen LogP contribution in [0.3, 0.4) is 0 Å². The number of nitrogens with one attached hydrogen (secondary N) is 1. The molecule has 74 valence electrons. The average molecular weight is 211 g/mol. The minimum atomic E-state index is 0.236. The van der Waals surface area contributed by atoms with Gasteiger partial charge < -0.3 is 8.94 Å². The molecule has 0 atom stereocenters. The maximum Gasteiger partial charge on any atom is 0.284 e. The van der Waals surface area contributed by atoms with Crippen LogP contribution in [0.25, 0.3) is 11.6 Å². The molecule has 6 heteroatoms. The normalized spacial score (nSPS) is 10.6. The largest absolute Gasteiger partial charge is 0.408 e. The fraction of sp³-hybridized carbons (Fsp3) is 0.375. The molecule has 5 nitrogen and oxygen atoms in total. The molecule has 0 saturated heterocycles.